The molecule has 8 nitrogen and oxygen atoms in total. The number of hydrogen-bond donors (Lipinski definition) is 1. The molecule has 1 aliphatic heterocycles. The Balaban J connectivity index is 2.27. The molecule has 1 unspecified atom stereocenters. The van der Waals surface area contributed by atoms with Crippen molar-refractivity contribution < 1.29 is 36.0 Å². The summed E-state index contributed by atoms with van der Waals surface area (Å²) < 4.78 is 62.5. The average Bonchev–Trinajstić information content (AvgIpc) is 3.14. The number of amides is 2. The van der Waals surface area contributed by atoms with E-state index in [0.717, 1.165) is 25.1 Å². The first-order valence-electron chi connectivity index (χ1n) is 8.36. The number of halogens is 4. The van der Waals surface area contributed by atoms with E-state index >= 15 is 0 Å². The van der Waals surface area contributed by atoms with Crippen molar-refractivity contribution in [3.05, 3.63) is 28.8 Å². The minimum atomic E-state index is -4.57. The molecule has 29 heavy (non-hydrogen) atoms. The summed E-state index contributed by atoms with van der Waals surface area (Å²) in [7, 11) is -1.88. The molecule has 2 rings (SSSR count). The zero-order valence-corrected chi connectivity index (χ0v) is 17.1. The number of sulfonamides is 1. The lowest BCUT2D eigenvalue weighted by atomic mass is 10.1. The van der Waals surface area contributed by atoms with Gasteiger partial charge in [-0.2, -0.15) is 13.2 Å². The van der Waals surface area contributed by atoms with Crippen LogP contribution in [0.2, 0.25) is 5.02 Å². The Kier molecular flexibility index (Phi) is 7.14. The molecule has 0 aromatic heterocycles. The van der Waals surface area contributed by atoms with E-state index in [2.05, 4.69) is 4.84 Å². The van der Waals surface area contributed by atoms with E-state index < -0.39 is 40.6 Å². The van der Waals surface area contributed by atoms with Gasteiger partial charge in [-0.05, 0) is 31.0 Å². The van der Waals surface area contributed by atoms with Crippen LogP contribution >= 0.6 is 11.6 Å². The summed E-state index contributed by atoms with van der Waals surface area (Å²) in [6.45, 7) is -1.36. The second kappa shape index (κ2) is 8.86. The predicted octanol–water partition coefficient (Wildman–Crippen LogP) is 1.80. The third kappa shape index (κ3) is 5.38. The topological polar surface area (TPSA) is 96.0 Å². The molecule has 1 heterocycles. The van der Waals surface area contributed by atoms with Crippen LogP contribution in [-0.2, 0) is 19.7 Å². The first-order chi connectivity index (χ1) is 13.4. The Hall–Kier alpha value is -1.89. The van der Waals surface area contributed by atoms with Gasteiger partial charge in [0.2, 0.25) is 5.91 Å². The quantitative estimate of drug-likeness (QED) is 0.657. The molecule has 1 aromatic rings. The molecule has 1 fully saturated rings. The van der Waals surface area contributed by atoms with Gasteiger partial charge in [-0.25, -0.2) is 8.42 Å². The van der Waals surface area contributed by atoms with Gasteiger partial charge in [0.1, 0.15) is 17.5 Å². The molecule has 1 aromatic carbocycles. The smallest absolute Gasteiger partial charge is 0.345 e. The molecule has 1 aliphatic rings. The molecule has 1 saturated heterocycles. The highest BCUT2D eigenvalue weighted by Crippen LogP contribution is 2.28. The maximum atomic E-state index is 12.8. The Labute approximate surface area is 170 Å². The van der Waals surface area contributed by atoms with Crippen molar-refractivity contribution in [1.82, 2.24) is 14.7 Å². The zero-order chi connectivity index (χ0) is 22.0. The Bertz CT molecular complexity index is 894. The highest BCUT2D eigenvalue weighted by Gasteiger charge is 2.37. The number of nitrogens with one attached hydrogen (secondary N) is 1. The van der Waals surface area contributed by atoms with E-state index in [4.69, 9.17) is 11.6 Å². The van der Waals surface area contributed by atoms with E-state index in [1.165, 1.54) is 12.1 Å². The van der Waals surface area contributed by atoms with Gasteiger partial charge in [0, 0.05) is 19.2 Å². The number of hydrogen-bond acceptors (Lipinski definition) is 5. The third-order valence-corrected chi connectivity index (χ3v) is 6.49. The van der Waals surface area contributed by atoms with Crippen LogP contribution in [0, 0.1) is 0 Å². The normalized spacial score (nSPS) is 17.6. The van der Waals surface area contributed by atoms with Crippen LogP contribution in [0.3, 0.4) is 0 Å². The number of nitrogens with zero attached hydrogens (tertiary/aromatic N) is 2. The van der Waals surface area contributed by atoms with Crippen LogP contribution < -0.4 is 5.32 Å². The molecule has 0 radical (unpaired) electrons. The molecule has 2 amide bonds. The van der Waals surface area contributed by atoms with Crippen molar-refractivity contribution in [1.29, 1.82) is 0 Å². The van der Waals surface area contributed by atoms with Gasteiger partial charge in [0.15, 0.2) is 0 Å². The first kappa shape index (κ1) is 23.4. The van der Waals surface area contributed by atoms with E-state index in [1.807, 2.05) is 0 Å². The summed E-state index contributed by atoms with van der Waals surface area (Å²) in [4.78, 5) is 30.3. The van der Waals surface area contributed by atoms with Crippen molar-refractivity contribution >= 4 is 33.4 Å². The van der Waals surface area contributed by atoms with Gasteiger partial charge in [0.25, 0.3) is 15.9 Å². The largest absolute Gasteiger partial charge is 0.405 e. The Morgan fingerprint density at radius 2 is 2.03 bits per heavy atom. The number of alkyl halides is 3. The fraction of sp³-hybridized carbons (Fsp3) is 0.500. The second-order valence-corrected chi connectivity index (χ2v) is 8.54. The van der Waals surface area contributed by atoms with Gasteiger partial charge in [-0.3, -0.25) is 14.4 Å². The monoisotopic (exact) mass is 457 g/mol. The molecule has 0 bridgehead atoms. The number of carbonyl (C=O) groups excluding carboxylic acids is 2. The minimum absolute atomic E-state index is 0.0759. The maximum absolute atomic E-state index is 12.8. The molecule has 162 valence electrons. The van der Waals surface area contributed by atoms with E-state index in [9.17, 15) is 31.2 Å². The molecule has 0 saturated carbocycles. The third-order valence-electron chi connectivity index (χ3n) is 4.33. The molecule has 1 N–H and O–H groups in total. The molecule has 1 atom stereocenters. The number of likely N-dealkylation sites (tertiary alicyclic amines) is 1. The first-order valence-corrected chi connectivity index (χ1v) is 10.2. The molecular weight excluding hydrogens is 439 g/mol. The molecule has 0 aliphatic carbocycles. The summed E-state index contributed by atoms with van der Waals surface area (Å²) in [6.07, 6.45) is -3.96. The van der Waals surface area contributed by atoms with Gasteiger partial charge in [0.05, 0.1) is 12.1 Å². The van der Waals surface area contributed by atoms with Gasteiger partial charge in [-0.1, -0.05) is 16.1 Å². The highest BCUT2D eigenvalue weighted by atomic mass is 35.5. The van der Waals surface area contributed by atoms with Crippen molar-refractivity contribution in [2.75, 3.05) is 27.2 Å². The van der Waals surface area contributed by atoms with E-state index in [0.29, 0.717) is 10.9 Å². The van der Waals surface area contributed by atoms with Crippen LogP contribution in [0.5, 0.6) is 0 Å². The van der Waals surface area contributed by atoms with E-state index in [1.54, 1.807) is 5.32 Å². The van der Waals surface area contributed by atoms with Crippen molar-refractivity contribution in [3.8, 4) is 0 Å². The zero-order valence-electron chi connectivity index (χ0n) is 15.5. The van der Waals surface area contributed by atoms with Crippen LogP contribution in [-0.4, -0.2) is 69.1 Å². The number of rotatable bonds is 6. The van der Waals surface area contributed by atoms with E-state index in [-0.39, 0.29) is 28.4 Å². The highest BCUT2D eigenvalue weighted by molar-refractivity contribution is 7.89. The minimum Gasteiger partial charge on any atom is -0.345 e. The summed E-state index contributed by atoms with van der Waals surface area (Å²) >= 11 is 5.95. The lowest BCUT2D eigenvalue weighted by Gasteiger charge is -2.24. The van der Waals surface area contributed by atoms with Crippen molar-refractivity contribution in [3.63, 3.8) is 0 Å². The molecule has 0 spiro atoms. The van der Waals surface area contributed by atoms with Crippen LogP contribution in [0.1, 0.15) is 23.2 Å². The molecule has 13 heteroatoms. The summed E-state index contributed by atoms with van der Waals surface area (Å²) in [6, 6.07) is 2.44. The summed E-state index contributed by atoms with van der Waals surface area (Å²) in [5.41, 5.74) is -0.0759. The fourth-order valence-corrected chi connectivity index (χ4v) is 4.30. The number of hydroxylamine groups is 1. The lowest BCUT2D eigenvalue weighted by Crippen LogP contribution is -2.48. The van der Waals surface area contributed by atoms with Gasteiger partial charge >= 0.3 is 6.18 Å². The summed E-state index contributed by atoms with van der Waals surface area (Å²) in [5.74, 6) is -1.61. The van der Waals surface area contributed by atoms with Crippen molar-refractivity contribution in [2.24, 2.45) is 0 Å². The van der Waals surface area contributed by atoms with Crippen LogP contribution in [0.4, 0.5) is 13.2 Å². The van der Waals surface area contributed by atoms with Gasteiger partial charge in [-0.15, -0.1) is 0 Å². The lowest BCUT2D eigenvalue weighted by molar-refractivity contribution is -0.140. The Morgan fingerprint density at radius 3 is 2.62 bits per heavy atom. The predicted molar refractivity (Wildman–Crippen MR) is 96.5 cm³/mol. The van der Waals surface area contributed by atoms with Gasteiger partial charge < -0.3 is 10.2 Å². The second-order valence-electron chi connectivity index (χ2n) is 6.23. The SMILES string of the molecule is CON(C)S(=O)(=O)c1cc(C(=O)N2CCCC2C(=O)NCC(F)(F)F)ccc1Cl. The molecular formula is C16H19ClF3N3O5S. The number of benzene rings is 1. The summed E-state index contributed by atoms with van der Waals surface area (Å²) in [5, 5.41) is 1.62. The average molecular weight is 458 g/mol. The maximum Gasteiger partial charge on any atom is 0.405 e. The van der Waals surface area contributed by atoms with Crippen LogP contribution in [0.25, 0.3) is 0 Å². The Morgan fingerprint density at radius 1 is 1.38 bits per heavy atom. The number of carbonyl (C=O) groups is 2. The van der Waals surface area contributed by atoms with Crippen molar-refractivity contribution in [2.45, 2.75) is 30.0 Å². The van der Waals surface area contributed by atoms with Crippen LogP contribution in [0.15, 0.2) is 23.1 Å². The standard InChI is InChI=1S/C16H19ClF3N3O5S/c1-22(28-2)29(26,27)13-8-10(5-6-11(13)17)15(25)23-7-3-4-12(23)14(24)21-9-16(18,19)20/h5-6,8,12H,3-4,7,9H2,1-2H3,(H,21,24). The fourth-order valence-electron chi connectivity index (χ4n) is 2.82.